The van der Waals surface area contributed by atoms with Gasteiger partial charge in [-0.25, -0.2) is 0 Å². The zero-order valence-corrected chi connectivity index (χ0v) is 20.5. The minimum absolute atomic E-state index is 0.0576. The number of rotatable bonds is 8. The van der Waals surface area contributed by atoms with Gasteiger partial charge in [-0.2, -0.15) is 0 Å². The maximum atomic E-state index is 13.1. The third-order valence-electron chi connectivity index (χ3n) is 6.01. The third-order valence-corrected chi connectivity index (χ3v) is 6.92. The van der Waals surface area contributed by atoms with Crippen LogP contribution in [0.25, 0.3) is 16.7 Å². The monoisotopic (exact) mass is 493 g/mol. The summed E-state index contributed by atoms with van der Waals surface area (Å²) in [5.74, 6) is 2.03. The Hall–Kier alpha value is -3.53. The summed E-state index contributed by atoms with van der Waals surface area (Å²) in [6.45, 7) is 3.45. The molecule has 0 saturated heterocycles. The normalized spacial score (nSPS) is 15.0. The highest BCUT2D eigenvalue weighted by atomic mass is 32.2. The van der Waals surface area contributed by atoms with Crippen LogP contribution in [0, 0.1) is 0 Å². The first-order valence-corrected chi connectivity index (χ1v) is 12.7. The second kappa shape index (κ2) is 9.99. The zero-order chi connectivity index (χ0) is 24.4. The first-order valence-electron chi connectivity index (χ1n) is 11.7. The number of hydrogen-bond donors (Lipinski definition) is 0. The molecule has 35 heavy (non-hydrogen) atoms. The Morgan fingerprint density at radius 1 is 1.14 bits per heavy atom. The number of carbonyl (C=O) groups excluding carboxylic acids is 1. The molecule has 1 aliphatic heterocycles. The fourth-order valence-corrected chi connectivity index (χ4v) is 5.02. The molecule has 1 aliphatic rings. The van der Waals surface area contributed by atoms with E-state index in [2.05, 4.69) is 17.1 Å². The van der Waals surface area contributed by atoms with Crippen molar-refractivity contribution in [2.75, 3.05) is 26.0 Å². The molecule has 5 rings (SSSR count). The SMILES string of the molecule is CCCCn1c(=O)c2ccccc2n2c(SCC(=O)N(C)CC3COc4ccccc4O3)nnc12. The average molecular weight is 494 g/mol. The largest absolute Gasteiger partial charge is 0.486 e. The van der Waals surface area contributed by atoms with E-state index in [0.29, 0.717) is 41.8 Å². The quantitative estimate of drug-likeness (QED) is 0.348. The van der Waals surface area contributed by atoms with E-state index < -0.39 is 0 Å². The number of benzene rings is 2. The summed E-state index contributed by atoms with van der Waals surface area (Å²) >= 11 is 1.31. The van der Waals surface area contributed by atoms with E-state index in [1.807, 2.05) is 52.9 Å². The van der Waals surface area contributed by atoms with Crippen LogP contribution >= 0.6 is 11.8 Å². The highest BCUT2D eigenvalue weighted by Gasteiger charge is 2.24. The fraction of sp³-hybridized carbons (Fsp3) is 0.360. The van der Waals surface area contributed by atoms with Crippen LogP contribution in [0.4, 0.5) is 0 Å². The maximum absolute atomic E-state index is 13.1. The summed E-state index contributed by atoms with van der Waals surface area (Å²) in [4.78, 5) is 27.6. The van der Waals surface area contributed by atoms with Gasteiger partial charge in [-0.1, -0.05) is 49.4 Å². The van der Waals surface area contributed by atoms with Gasteiger partial charge in [0, 0.05) is 13.6 Å². The van der Waals surface area contributed by atoms with Crippen LogP contribution in [-0.2, 0) is 11.3 Å². The Morgan fingerprint density at radius 3 is 2.74 bits per heavy atom. The Bertz CT molecular complexity index is 1430. The van der Waals surface area contributed by atoms with Crippen LogP contribution in [0.1, 0.15) is 19.8 Å². The first-order chi connectivity index (χ1) is 17.1. The third kappa shape index (κ3) is 4.58. The van der Waals surface area contributed by atoms with Gasteiger partial charge in [-0.15, -0.1) is 10.2 Å². The number of fused-ring (bicyclic) bond motifs is 4. The average Bonchev–Trinajstić information content (AvgIpc) is 3.31. The standard InChI is InChI=1S/C25H27N5O4S/c1-3-4-13-29-23(32)18-9-5-6-10-19(18)30-24(29)26-27-25(30)35-16-22(31)28(2)14-17-15-33-20-11-7-8-12-21(20)34-17/h5-12,17H,3-4,13-16H2,1-2H3. The van der Waals surface area contributed by atoms with Crippen molar-refractivity contribution in [1.29, 1.82) is 0 Å². The van der Waals surface area contributed by atoms with Gasteiger partial charge in [-0.3, -0.25) is 18.6 Å². The molecule has 0 spiro atoms. The van der Waals surface area contributed by atoms with Crippen LogP contribution < -0.4 is 15.0 Å². The Labute approximate surface area is 206 Å². The number of ether oxygens (including phenoxy) is 2. The summed E-state index contributed by atoms with van der Waals surface area (Å²) in [7, 11) is 1.76. The Kier molecular flexibility index (Phi) is 6.63. The lowest BCUT2D eigenvalue weighted by molar-refractivity contribution is -0.128. The highest BCUT2D eigenvalue weighted by molar-refractivity contribution is 7.99. The summed E-state index contributed by atoms with van der Waals surface area (Å²) < 4.78 is 15.3. The number of carbonyl (C=O) groups is 1. The molecule has 4 aromatic rings. The highest BCUT2D eigenvalue weighted by Crippen LogP contribution is 2.31. The predicted molar refractivity (Wildman–Crippen MR) is 134 cm³/mol. The zero-order valence-electron chi connectivity index (χ0n) is 19.7. The molecule has 1 atom stereocenters. The van der Waals surface area contributed by atoms with Gasteiger partial charge in [0.1, 0.15) is 6.61 Å². The minimum atomic E-state index is -0.241. The van der Waals surface area contributed by atoms with E-state index in [9.17, 15) is 9.59 Å². The number of aryl methyl sites for hydroxylation is 1. The van der Waals surface area contributed by atoms with Crippen molar-refractivity contribution < 1.29 is 14.3 Å². The molecule has 0 saturated carbocycles. The van der Waals surface area contributed by atoms with Crippen LogP contribution in [-0.4, -0.2) is 62.0 Å². The number of hydrogen-bond acceptors (Lipinski definition) is 7. The van der Waals surface area contributed by atoms with E-state index in [4.69, 9.17) is 9.47 Å². The number of nitrogens with zero attached hydrogens (tertiary/aromatic N) is 5. The number of para-hydroxylation sites is 3. The summed E-state index contributed by atoms with van der Waals surface area (Å²) in [6.07, 6.45) is 1.59. The van der Waals surface area contributed by atoms with Gasteiger partial charge < -0.3 is 14.4 Å². The number of aromatic nitrogens is 4. The van der Waals surface area contributed by atoms with E-state index in [1.165, 1.54) is 11.8 Å². The van der Waals surface area contributed by atoms with E-state index in [1.54, 1.807) is 16.5 Å². The molecule has 1 amide bonds. The van der Waals surface area contributed by atoms with Gasteiger partial charge in [-0.05, 0) is 30.7 Å². The predicted octanol–water partition coefficient (Wildman–Crippen LogP) is 3.23. The van der Waals surface area contributed by atoms with Crippen molar-refractivity contribution in [3.63, 3.8) is 0 Å². The molecule has 182 valence electrons. The smallest absolute Gasteiger partial charge is 0.262 e. The van der Waals surface area contributed by atoms with E-state index in [0.717, 1.165) is 24.1 Å². The molecule has 9 nitrogen and oxygen atoms in total. The minimum Gasteiger partial charge on any atom is -0.486 e. The first kappa shape index (κ1) is 23.2. The number of likely N-dealkylation sites (N-methyl/N-ethyl adjacent to an activating group) is 1. The van der Waals surface area contributed by atoms with Crippen LogP contribution in [0.15, 0.2) is 58.5 Å². The fourth-order valence-electron chi connectivity index (χ4n) is 4.14. The van der Waals surface area contributed by atoms with Crippen molar-refractivity contribution in [2.24, 2.45) is 0 Å². The summed E-state index contributed by atoms with van der Waals surface area (Å²) in [5.41, 5.74) is 0.664. The van der Waals surface area contributed by atoms with Gasteiger partial charge in [0.2, 0.25) is 11.7 Å². The summed E-state index contributed by atoms with van der Waals surface area (Å²) in [6, 6.07) is 15.0. The second-order valence-electron chi connectivity index (χ2n) is 8.51. The molecular weight excluding hydrogens is 466 g/mol. The van der Waals surface area contributed by atoms with E-state index in [-0.39, 0.29) is 23.3 Å². The summed E-state index contributed by atoms with van der Waals surface area (Å²) in [5, 5.41) is 9.83. The number of thioether (sulfide) groups is 1. The molecule has 2 aromatic carbocycles. The van der Waals surface area contributed by atoms with Crippen molar-refractivity contribution in [1.82, 2.24) is 24.1 Å². The Balaban J connectivity index is 1.32. The topological polar surface area (TPSA) is 91.0 Å². The van der Waals surface area contributed by atoms with Crippen LogP contribution in [0.5, 0.6) is 11.5 Å². The van der Waals surface area contributed by atoms with Crippen LogP contribution in [0.2, 0.25) is 0 Å². The molecule has 10 heteroatoms. The molecule has 0 N–H and O–H groups in total. The van der Waals surface area contributed by atoms with E-state index >= 15 is 0 Å². The van der Waals surface area contributed by atoms with Gasteiger partial charge >= 0.3 is 0 Å². The second-order valence-corrected chi connectivity index (χ2v) is 9.45. The lowest BCUT2D eigenvalue weighted by atomic mass is 10.2. The van der Waals surface area contributed by atoms with Crippen molar-refractivity contribution >= 4 is 34.3 Å². The molecule has 2 aromatic heterocycles. The lowest BCUT2D eigenvalue weighted by Crippen LogP contribution is -2.42. The number of unbranched alkanes of at least 4 members (excludes halogenated alkanes) is 1. The lowest BCUT2D eigenvalue weighted by Gasteiger charge is -2.29. The van der Waals surface area contributed by atoms with Gasteiger partial charge in [0.05, 0.1) is 23.2 Å². The molecule has 0 radical (unpaired) electrons. The van der Waals surface area contributed by atoms with Gasteiger partial charge in [0.15, 0.2) is 22.8 Å². The maximum Gasteiger partial charge on any atom is 0.262 e. The van der Waals surface area contributed by atoms with Crippen molar-refractivity contribution in [3.8, 4) is 11.5 Å². The van der Waals surface area contributed by atoms with Crippen molar-refractivity contribution in [2.45, 2.75) is 37.6 Å². The number of amides is 1. The molecular formula is C25H27N5O4S. The molecule has 0 bridgehead atoms. The molecule has 0 fully saturated rings. The molecule has 0 aliphatic carbocycles. The molecule has 3 heterocycles. The van der Waals surface area contributed by atoms with Gasteiger partial charge in [0.25, 0.3) is 5.56 Å². The molecule has 1 unspecified atom stereocenters. The van der Waals surface area contributed by atoms with Crippen LogP contribution in [0.3, 0.4) is 0 Å². The Morgan fingerprint density at radius 2 is 1.91 bits per heavy atom. The van der Waals surface area contributed by atoms with Crippen molar-refractivity contribution in [3.05, 3.63) is 58.9 Å².